The summed E-state index contributed by atoms with van der Waals surface area (Å²) in [4.78, 5) is 33.2. The van der Waals surface area contributed by atoms with Gasteiger partial charge in [-0.1, -0.05) is 13.3 Å². The Hall–Kier alpha value is -2.64. The van der Waals surface area contributed by atoms with Gasteiger partial charge in [-0.25, -0.2) is 0 Å². The van der Waals surface area contributed by atoms with Gasteiger partial charge in [-0.15, -0.1) is 0 Å². The van der Waals surface area contributed by atoms with Gasteiger partial charge in [-0.05, 0) is 12.5 Å². The molecule has 0 aliphatic carbocycles. The molecule has 22 heavy (non-hydrogen) atoms. The first kappa shape index (κ1) is 17.4. The fraction of sp³-hybridized carbons (Fsp3) is 0.429. The van der Waals surface area contributed by atoms with Gasteiger partial charge in [0, 0.05) is 24.2 Å². The molecule has 0 aliphatic rings. The van der Waals surface area contributed by atoms with Gasteiger partial charge in [0.15, 0.2) is 5.75 Å². The normalized spacial score (nSPS) is 11.5. The number of nitro groups is 1. The number of methoxy groups -OCH3 is 1. The van der Waals surface area contributed by atoms with Gasteiger partial charge in [0.2, 0.25) is 0 Å². The van der Waals surface area contributed by atoms with Crippen molar-refractivity contribution in [3.63, 3.8) is 0 Å². The van der Waals surface area contributed by atoms with Gasteiger partial charge in [-0.2, -0.15) is 0 Å². The molecule has 8 nitrogen and oxygen atoms in total. The number of rotatable bonds is 8. The lowest BCUT2D eigenvalue weighted by Gasteiger charge is -2.12. The summed E-state index contributed by atoms with van der Waals surface area (Å²) in [5, 5.41) is 22.3. The summed E-state index contributed by atoms with van der Waals surface area (Å²) in [6.07, 6.45) is 1.15. The minimum atomic E-state index is -0.969. The van der Waals surface area contributed by atoms with Gasteiger partial charge < -0.3 is 15.2 Å². The van der Waals surface area contributed by atoms with Gasteiger partial charge in [0.1, 0.15) is 0 Å². The van der Waals surface area contributed by atoms with Gasteiger partial charge >= 0.3 is 11.7 Å². The number of carbonyl (C=O) groups excluding carboxylic acids is 1. The highest BCUT2D eigenvalue weighted by molar-refractivity contribution is 5.95. The Balaban J connectivity index is 2.81. The first-order chi connectivity index (χ1) is 10.4. The second-order valence-corrected chi connectivity index (χ2v) is 4.68. The molecule has 0 aromatic heterocycles. The van der Waals surface area contributed by atoms with Crippen LogP contribution in [0, 0.1) is 16.0 Å². The SMILES string of the molecule is CCCC(CNC(=O)c1ccc([N+](=O)[O-])c(OC)c1)C(=O)O. The van der Waals surface area contributed by atoms with Crippen molar-refractivity contribution in [2.45, 2.75) is 19.8 Å². The van der Waals surface area contributed by atoms with Gasteiger partial charge in [0.05, 0.1) is 18.0 Å². The van der Waals surface area contributed by atoms with E-state index in [9.17, 15) is 19.7 Å². The zero-order chi connectivity index (χ0) is 16.7. The number of carboxylic acid groups (broad SMARTS) is 1. The minimum Gasteiger partial charge on any atom is -0.490 e. The Morgan fingerprint density at radius 2 is 2.14 bits per heavy atom. The highest BCUT2D eigenvalue weighted by Crippen LogP contribution is 2.27. The molecule has 0 fully saturated rings. The molecular formula is C14H18N2O6. The summed E-state index contributed by atoms with van der Waals surface area (Å²) in [6, 6.07) is 3.73. The average Bonchev–Trinajstić information content (AvgIpc) is 2.49. The van der Waals surface area contributed by atoms with E-state index < -0.39 is 22.7 Å². The van der Waals surface area contributed by atoms with E-state index in [2.05, 4.69) is 5.32 Å². The predicted molar refractivity (Wildman–Crippen MR) is 78.0 cm³/mol. The third-order valence-electron chi connectivity index (χ3n) is 3.13. The van der Waals surface area contributed by atoms with Crippen LogP contribution in [0.2, 0.25) is 0 Å². The van der Waals surface area contributed by atoms with Gasteiger partial charge in [-0.3, -0.25) is 19.7 Å². The van der Waals surface area contributed by atoms with E-state index >= 15 is 0 Å². The molecule has 0 bridgehead atoms. The zero-order valence-corrected chi connectivity index (χ0v) is 12.4. The molecular weight excluding hydrogens is 292 g/mol. The molecule has 0 aliphatic heterocycles. The summed E-state index contributed by atoms with van der Waals surface area (Å²) in [7, 11) is 1.27. The summed E-state index contributed by atoms with van der Waals surface area (Å²) in [5.41, 5.74) is -0.0727. The van der Waals surface area contributed by atoms with E-state index in [-0.39, 0.29) is 23.5 Å². The van der Waals surface area contributed by atoms with Crippen molar-refractivity contribution in [3.8, 4) is 5.75 Å². The van der Waals surface area contributed by atoms with Crippen LogP contribution in [-0.4, -0.2) is 35.6 Å². The van der Waals surface area contributed by atoms with E-state index in [0.717, 1.165) is 0 Å². The molecule has 1 atom stereocenters. The number of carbonyl (C=O) groups is 2. The van der Waals surface area contributed by atoms with Crippen LogP contribution < -0.4 is 10.1 Å². The van der Waals surface area contributed by atoms with Crippen molar-refractivity contribution in [3.05, 3.63) is 33.9 Å². The molecule has 1 aromatic rings. The highest BCUT2D eigenvalue weighted by Gasteiger charge is 2.20. The second-order valence-electron chi connectivity index (χ2n) is 4.68. The van der Waals surface area contributed by atoms with E-state index in [1.165, 1.54) is 25.3 Å². The van der Waals surface area contributed by atoms with Crippen molar-refractivity contribution >= 4 is 17.6 Å². The van der Waals surface area contributed by atoms with Crippen LogP contribution in [0.3, 0.4) is 0 Å². The van der Waals surface area contributed by atoms with E-state index in [4.69, 9.17) is 9.84 Å². The van der Waals surface area contributed by atoms with Crippen LogP contribution >= 0.6 is 0 Å². The summed E-state index contributed by atoms with van der Waals surface area (Å²) in [6.45, 7) is 1.86. The second kappa shape index (κ2) is 7.96. The number of nitrogens with one attached hydrogen (secondary N) is 1. The summed E-state index contributed by atoms with van der Waals surface area (Å²) in [5.74, 6) is -2.16. The Labute approximate surface area is 127 Å². The molecule has 0 saturated carbocycles. The first-order valence-corrected chi connectivity index (χ1v) is 6.74. The quantitative estimate of drug-likeness (QED) is 0.558. The van der Waals surface area contributed by atoms with Gasteiger partial charge in [0.25, 0.3) is 5.91 Å². The lowest BCUT2D eigenvalue weighted by atomic mass is 10.0. The number of nitrogens with zero attached hydrogens (tertiary/aromatic N) is 1. The third-order valence-corrected chi connectivity index (χ3v) is 3.13. The molecule has 0 saturated heterocycles. The maximum Gasteiger partial charge on any atom is 0.310 e. The number of ether oxygens (including phenoxy) is 1. The predicted octanol–water partition coefficient (Wildman–Crippen LogP) is 1.83. The highest BCUT2D eigenvalue weighted by atomic mass is 16.6. The van der Waals surface area contributed by atoms with Crippen LogP contribution in [0.5, 0.6) is 5.75 Å². The maximum absolute atomic E-state index is 12.0. The van der Waals surface area contributed by atoms with Crippen molar-refractivity contribution in [2.24, 2.45) is 5.92 Å². The molecule has 0 radical (unpaired) electrons. The minimum absolute atomic E-state index is 0.00130. The van der Waals surface area contributed by atoms with Crippen LogP contribution in [0.4, 0.5) is 5.69 Å². The Morgan fingerprint density at radius 1 is 1.45 bits per heavy atom. The fourth-order valence-electron chi connectivity index (χ4n) is 1.95. The molecule has 1 aromatic carbocycles. The summed E-state index contributed by atoms with van der Waals surface area (Å²) >= 11 is 0. The van der Waals surface area contributed by atoms with E-state index in [0.29, 0.717) is 12.8 Å². The number of hydrogen-bond donors (Lipinski definition) is 2. The lowest BCUT2D eigenvalue weighted by molar-refractivity contribution is -0.385. The fourth-order valence-corrected chi connectivity index (χ4v) is 1.95. The topological polar surface area (TPSA) is 119 Å². The lowest BCUT2D eigenvalue weighted by Crippen LogP contribution is -2.32. The number of hydrogen-bond acceptors (Lipinski definition) is 5. The van der Waals surface area contributed by atoms with Crippen LogP contribution in [0.25, 0.3) is 0 Å². The number of carboxylic acids is 1. The van der Waals surface area contributed by atoms with Crippen molar-refractivity contribution < 1.29 is 24.4 Å². The maximum atomic E-state index is 12.0. The molecule has 120 valence electrons. The molecule has 0 spiro atoms. The Kier molecular flexibility index (Phi) is 6.30. The zero-order valence-electron chi connectivity index (χ0n) is 12.4. The van der Waals surface area contributed by atoms with Crippen LogP contribution in [-0.2, 0) is 4.79 Å². The molecule has 0 heterocycles. The Morgan fingerprint density at radius 3 is 2.64 bits per heavy atom. The number of nitro benzene ring substituents is 1. The molecule has 1 amide bonds. The van der Waals surface area contributed by atoms with E-state index in [1.807, 2.05) is 6.92 Å². The largest absolute Gasteiger partial charge is 0.490 e. The number of benzene rings is 1. The standard InChI is InChI=1S/C14H18N2O6/c1-3-4-10(14(18)19)8-15-13(17)9-5-6-11(16(20)21)12(7-9)22-2/h5-7,10H,3-4,8H2,1-2H3,(H,15,17)(H,18,19). The average molecular weight is 310 g/mol. The number of amides is 1. The first-order valence-electron chi connectivity index (χ1n) is 6.74. The van der Waals surface area contributed by atoms with Crippen molar-refractivity contribution in [2.75, 3.05) is 13.7 Å². The molecule has 1 unspecified atom stereocenters. The monoisotopic (exact) mass is 310 g/mol. The Bertz CT molecular complexity index is 572. The molecule has 2 N–H and O–H groups in total. The number of aliphatic carboxylic acids is 1. The molecule has 1 rings (SSSR count). The van der Waals surface area contributed by atoms with Crippen LogP contribution in [0.1, 0.15) is 30.1 Å². The van der Waals surface area contributed by atoms with Crippen molar-refractivity contribution in [1.29, 1.82) is 0 Å². The van der Waals surface area contributed by atoms with Crippen molar-refractivity contribution in [1.82, 2.24) is 5.32 Å². The van der Waals surface area contributed by atoms with Crippen LogP contribution in [0.15, 0.2) is 18.2 Å². The third kappa shape index (κ3) is 4.44. The molecule has 8 heteroatoms. The smallest absolute Gasteiger partial charge is 0.310 e. The summed E-state index contributed by atoms with van der Waals surface area (Å²) < 4.78 is 4.88. The van der Waals surface area contributed by atoms with E-state index in [1.54, 1.807) is 0 Å².